The van der Waals surface area contributed by atoms with Gasteiger partial charge in [0.2, 0.25) is 5.82 Å². The molecule has 17 heavy (non-hydrogen) atoms. The van der Waals surface area contributed by atoms with Crippen molar-refractivity contribution in [2.75, 3.05) is 0 Å². The van der Waals surface area contributed by atoms with Gasteiger partial charge in [-0.05, 0) is 0 Å². The summed E-state index contributed by atoms with van der Waals surface area (Å²) in [6.45, 7) is 0. The van der Waals surface area contributed by atoms with Crippen molar-refractivity contribution in [1.29, 1.82) is 0 Å². The number of benzene rings is 1. The van der Waals surface area contributed by atoms with Crippen molar-refractivity contribution in [3.8, 4) is 11.4 Å². The Labute approximate surface area is 93.7 Å². The lowest BCUT2D eigenvalue weighted by Gasteiger charge is -2.08. The Kier molecular flexibility index (Phi) is 2.66. The molecule has 1 aromatic heterocycles. The average molecular weight is 241 g/mol. The Morgan fingerprint density at radius 3 is 2.35 bits per heavy atom. The van der Waals surface area contributed by atoms with Gasteiger partial charge in [-0.1, -0.05) is 30.3 Å². The highest BCUT2D eigenvalue weighted by Crippen LogP contribution is 2.27. The first kappa shape index (κ1) is 11.3. The number of carbonyl (C=O) groups excluding carboxylic acids is 1. The van der Waals surface area contributed by atoms with Crippen LogP contribution < -0.4 is 0 Å². The molecule has 0 aliphatic carbocycles. The first-order valence-electron chi connectivity index (χ1n) is 4.57. The first-order valence-corrected chi connectivity index (χ1v) is 4.57. The molecule has 0 N–H and O–H groups in total. The van der Waals surface area contributed by atoms with Gasteiger partial charge in [0.25, 0.3) is 0 Å². The van der Waals surface area contributed by atoms with Crippen LogP contribution in [0.25, 0.3) is 11.4 Å². The summed E-state index contributed by atoms with van der Waals surface area (Å²) in [5.74, 6) is -0.902. The van der Waals surface area contributed by atoms with E-state index in [-0.39, 0.29) is 16.5 Å². The zero-order valence-corrected chi connectivity index (χ0v) is 8.35. The van der Waals surface area contributed by atoms with Crippen molar-refractivity contribution >= 4 is 6.29 Å². The summed E-state index contributed by atoms with van der Waals surface area (Å²) >= 11 is 0. The fourth-order valence-corrected chi connectivity index (χ4v) is 1.33. The van der Waals surface area contributed by atoms with Crippen LogP contribution in [0, 0.1) is 0 Å². The molecule has 88 valence electrons. The quantitative estimate of drug-likeness (QED) is 0.757. The van der Waals surface area contributed by atoms with Crippen LogP contribution in [-0.2, 0) is 6.30 Å². The molecule has 0 spiro atoms. The summed E-state index contributed by atoms with van der Waals surface area (Å²) in [5.41, 5.74) is 0.241. The number of hydrogen-bond donors (Lipinski definition) is 0. The summed E-state index contributed by atoms with van der Waals surface area (Å²) in [4.78, 5) is 14.0. The van der Waals surface area contributed by atoms with E-state index >= 15 is 0 Å². The van der Waals surface area contributed by atoms with Gasteiger partial charge in [0.05, 0.1) is 0 Å². The van der Waals surface area contributed by atoms with Crippen LogP contribution in [0.15, 0.2) is 30.3 Å². The zero-order valence-electron chi connectivity index (χ0n) is 8.35. The Hall–Kier alpha value is -2.18. The van der Waals surface area contributed by atoms with Gasteiger partial charge in [-0.25, -0.2) is 4.98 Å². The molecule has 0 atom stereocenters. The molecule has 1 aromatic carbocycles. The smallest absolute Gasteiger partial charge is 0.294 e. The van der Waals surface area contributed by atoms with E-state index in [9.17, 15) is 18.0 Å². The molecule has 0 saturated heterocycles. The maximum atomic E-state index is 12.6. The molecule has 0 aliphatic heterocycles. The maximum absolute atomic E-state index is 12.6. The predicted octanol–water partition coefficient (Wildman–Crippen LogP) is 2.23. The van der Waals surface area contributed by atoms with E-state index < -0.39 is 17.9 Å². The van der Waals surface area contributed by atoms with E-state index in [1.54, 1.807) is 18.2 Å². The minimum absolute atomic E-state index is 0.175. The fraction of sp³-hybridized carbons (Fsp3) is 0.100. The molecule has 1 heterocycles. The van der Waals surface area contributed by atoms with Crippen LogP contribution in [0.3, 0.4) is 0 Å². The van der Waals surface area contributed by atoms with Crippen LogP contribution in [0.5, 0.6) is 0 Å². The van der Waals surface area contributed by atoms with Gasteiger partial charge in [0, 0.05) is 5.56 Å². The van der Waals surface area contributed by atoms with Gasteiger partial charge < -0.3 is 0 Å². The molecule has 0 unspecified atom stereocenters. The van der Waals surface area contributed by atoms with Crippen LogP contribution in [-0.4, -0.2) is 21.1 Å². The number of rotatable bonds is 2. The van der Waals surface area contributed by atoms with E-state index in [1.165, 1.54) is 12.1 Å². The minimum Gasteiger partial charge on any atom is -0.294 e. The van der Waals surface area contributed by atoms with Crippen molar-refractivity contribution in [3.63, 3.8) is 0 Å². The van der Waals surface area contributed by atoms with E-state index in [0.717, 1.165) is 0 Å². The van der Waals surface area contributed by atoms with Crippen LogP contribution in [0.1, 0.15) is 10.6 Å². The number of halogens is 3. The highest BCUT2D eigenvalue weighted by molar-refractivity contribution is 5.70. The number of nitrogens with zero attached hydrogens (tertiary/aromatic N) is 3. The number of hydrogen-bond acceptors (Lipinski definition) is 3. The molecule has 0 bridgehead atoms. The molecule has 0 amide bonds. The fourth-order valence-electron chi connectivity index (χ4n) is 1.33. The monoisotopic (exact) mass is 241 g/mol. The molecular weight excluding hydrogens is 235 g/mol. The number of alkyl halides is 3. The van der Waals surface area contributed by atoms with E-state index in [2.05, 4.69) is 10.1 Å². The second kappa shape index (κ2) is 4.00. The van der Waals surface area contributed by atoms with E-state index in [1.807, 2.05) is 0 Å². The van der Waals surface area contributed by atoms with Crippen LogP contribution in [0.4, 0.5) is 13.2 Å². The maximum Gasteiger partial charge on any atom is 0.506 e. The van der Waals surface area contributed by atoms with Crippen molar-refractivity contribution in [2.45, 2.75) is 6.30 Å². The van der Waals surface area contributed by atoms with Crippen molar-refractivity contribution in [2.24, 2.45) is 0 Å². The Bertz CT molecular complexity index is 533. The van der Waals surface area contributed by atoms with Crippen molar-refractivity contribution in [1.82, 2.24) is 14.8 Å². The van der Waals surface area contributed by atoms with Gasteiger partial charge in [-0.2, -0.15) is 4.68 Å². The summed E-state index contributed by atoms with van der Waals surface area (Å²) in [7, 11) is 0. The van der Waals surface area contributed by atoms with Gasteiger partial charge in [-0.3, -0.25) is 4.79 Å². The predicted molar refractivity (Wildman–Crippen MR) is 52.1 cm³/mol. The third-order valence-electron chi connectivity index (χ3n) is 2.00. The van der Waals surface area contributed by atoms with E-state index in [0.29, 0.717) is 0 Å². The number of aldehydes is 1. The third kappa shape index (κ3) is 2.17. The molecule has 2 aromatic rings. The van der Waals surface area contributed by atoms with Gasteiger partial charge in [-0.15, -0.1) is 18.3 Å². The lowest BCUT2D eigenvalue weighted by Crippen LogP contribution is -2.19. The SMILES string of the molecule is O=Cc1nc(-c2ccccc2)n(C(F)(F)F)n1. The number of aromatic nitrogens is 3. The topological polar surface area (TPSA) is 47.8 Å². The largest absolute Gasteiger partial charge is 0.506 e. The van der Waals surface area contributed by atoms with Crippen LogP contribution >= 0.6 is 0 Å². The molecule has 7 heteroatoms. The highest BCUT2D eigenvalue weighted by Gasteiger charge is 2.36. The molecule has 0 fully saturated rings. The Morgan fingerprint density at radius 1 is 1.18 bits per heavy atom. The summed E-state index contributed by atoms with van der Waals surface area (Å²) in [6.07, 6.45) is -4.53. The Balaban J connectivity index is 2.61. The molecule has 0 aliphatic rings. The van der Waals surface area contributed by atoms with E-state index in [4.69, 9.17) is 0 Å². The summed E-state index contributed by atoms with van der Waals surface area (Å²) in [6, 6.07) is 7.73. The third-order valence-corrected chi connectivity index (χ3v) is 2.00. The van der Waals surface area contributed by atoms with Gasteiger partial charge in [0.1, 0.15) is 0 Å². The lowest BCUT2D eigenvalue weighted by molar-refractivity contribution is -0.211. The Morgan fingerprint density at radius 2 is 1.82 bits per heavy atom. The molecule has 0 radical (unpaired) electrons. The van der Waals surface area contributed by atoms with Gasteiger partial charge in [0.15, 0.2) is 12.1 Å². The van der Waals surface area contributed by atoms with Crippen LogP contribution in [0.2, 0.25) is 0 Å². The normalized spacial score (nSPS) is 11.5. The standard InChI is InChI=1S/C10H6F3N3O/c11-10(12,13)16-9(14-8(6-17)15-16)7-4-2-1-3-5-7/h1-6H. The summed E-state index contributed by atoms with van der Waals surface area (Å²) < 4.78 is 37.7. The molecule has 2 rings (SSSR count). The highest BCUT2D eigenvalue weighted by atomic mass is 19.4. The van der Waals surface area contributed by atoms with Crippen molar-refractivity contribution < 1.29 is 18.0 Å². The van der Waals surface area contributed by atoms with Crippen molar-refractivity contribution in [3.05, 3.63) is 36.2 Å². The first-order chi connectivity index (χ1) is 8.02. The molecule has 4 nitrogen and oxygen atoms in total. The summed E-state index contributed by atoms with van der Waals surface area (Å²) in [5, 5.41) is 3.09. The molecule has 0 saturated carbocycles. The second-order valence-electron chi connectivity index (χ2n) is 3.16. The van der Waals surface area contributed by atoms with Gasteiger partial charge >= 0.3 is 6.30 Å². The lowest BCUT2D eigenvalue weighted by atomic mass is 10.2. The average Bonchev–Trinajstić information content (AvgIpc) is 2.74. The minimum atomic E-state index is -4.71. The number of carbonyl (C=O) groups is 1. The molecular formula is C10H6F3N3O. The zero-order chi connectivity index (χ0) is 12.5. The second-order valence-corrected chi connectivity index (χ2v) is 3.16.